The van der Waals surface area contributed by atoms with E-state index in [-0.39, 0.29) is 17.7 Å². The van der Waals surface area contributed by atoms with Gasteiger partial charge in [-0.25, -0.2) is 4.98 Å². The Kier molecular flexibility index (Phi) is 4.60. The van der Waals surface area contributed by atoms with Gasteiger partial charge in [-0.2, -0.15) is 5.10 Å². The van der Waals surface area contributed by atoms with Gasteiger partial charge in [-0.1, -0.05) is 47.5 Å². The first-order valence-electron chi connectivity index (χ1n) is 9.36. The molecule has 1 atom stereocenters. The van der Waals surface area contributed by atoms with Crippen LogP contribution in [0.3, 0.4) is 0 Å². The van der Waals surface area contributed by atoms with Gasteiger partial charge in [0.1, 0.15) is 5.69 Å². The van der Waals surface area contributed by atoms with Crippen molar-refractivity contribution in [1.82, 2.24) is 19.3 Å². The number of benzene rings is 2. The molecule has 1 aliphatic rings. The third kappa shape index (κ3) is 3.09. The van der Waals surface area contributed by atoms with Crippen molar-refractivity contribution in [2.75, 3.05) is 0 Å². The number of aromatic nitrogens is 4. The molecule has 0 fully saturated rings. The fourth-order valence-electron chi connectivity index (χ4n) is 4.15. The molecule has 0 bridgehead atoms. The van der Waals surface area contributed by atoms with Crippen molar-refractivity contribution < 1.29 is 5.11 Å². The average Bonchev–Trinajstić information content (AvgIpc) is 3.19. The highest BCUT2D eigenvalue weighted by Gasteiger charge is 2.35. The number of halogens is 2. The molecule has 5 rings (SSSR count). The lowest BCUT2D eigenvalue weighted by molar-refractivity contribution is 0.331. The van der Waals surface area contributed by atoms with Crippen LogP contribution in [0.2, 0.25) is 10.0 Å². The molecule has 30 heavy (non-hydrogen) atoms. The Labute approximate surface area is 182 Å². The molecule has 3 heterocycles. The predicted octanol–water partition coefficient (Wildman–Crippen LogP) is 4.51. The van der Waals surface area contributed by atoms with Crippen molar-refractivity contribution in [2.24, 2.45) is 0 Å². The molecule has 6 nitrogen and oxygen atoms in total. The van der Waals surface area contributed by atoms with E-state index in [9.17, 15) is 9.90 Å². The Morgan fingerprint density at radius 2 is 1.73 bits per heavy atom. The van der Waals surface area contributed by atoms with Gasteiger partial charge >= 0.3 is 0 Å². The number of rotatable bonds is 3. The molecule has 8 heteroatoms. The van der Waals surface area contributed by atoms with Crippen molar-refractivity contribution >= 4 is 23.2 Å². The molecule has 0 spiro atoms. The summed E-state index contributed by atoms with van der Waals surface area (Å²) in [7, 11) is 0. The Balaban J connectivity index is 1.77. The Morgan fingerprint density at radius 3 is 2.37 bits per heavy atom. The zero-order chi connectivity index (χ0) is 20.8. The van der Waals surface area contributed by atoms with Crippen LogP contribution >= 0.6 is 23.2 Å². The summed E-state index contributed by atoms with van der Waals surface area (Å²) in [5.74, 6) is -0.0471. The highest BCUT2D eigenvalue weighted by atomic mass is 35.5. The molecule has 1 aliphatic heterocycles. The van der Waals surface area contributed by atoms with Crippen LogP contribution in [0, 0.1) is 0 Å². The summed E-state index contributed by atoms with van der Waals surface area (Å²) in [5, 5.41) is 16.2. The van der Waals surface area contributed by atoms with Gasteiger partial charge in [-0.05, 0) is 35.4 Å². The number of hydrogen-bond acceptors (Lipinski definition) is 4. The number of imidazole rings is 1. The molecule has 1 N–H and O–H groups in total. The zero-order valence-corrected chi connectivity index (χ0v) is 17.1. The molecule has 2 aromatic heterocycles. The minimum absolute atomic E-state index is 0.189. The fourth-order valence-corrected chi connectivity index (χ4v) is 4.55. The largest absolute Gasteiger partial charge is 0.503 e. The van der Waals surface area contributed by atoms with Gasteiger partial charge in [-0.15, -0.1) is 0 Å². The molecule has 0 saturated carbocycles. The van der Waals surface area contributed by atoms with E-state index in [0.717, 1.165) is 17.3 Å². The van der Waals surface area contributed by atoms with Gasteiger partial charge in [0.2, 0.25) is 5.43 Å². The van der Waals surface area contributed by atoms with Crippen LogP contribution in [-0.2, 0) is 6.54 Å². The van der Waals surface area contributed by atoms with E-state index in [1.165, 1.54) is 0 Å². The maximum absolute atomic E-state index is 12.1. The van der Waals surface area contributed by atoms with Gasteiger partial charge in [0.15, 0.2) is 11.6 Å². The summed E-state index contributed by atoms with van der Waals surface area (Å²) in [6.45, 7) is 0.543. The second-order valence-electron chi connectivity index (χ2n) is 7.21. The lowest BCUT2D eigenvalue weighted by Crippen LogP contribution is -2.32. The third-order valence-corrected chi connectivity index (χ3v) is 5.88. The number of aromatic hydroxyl groups is 1. The van der Waals surface area contributed by atoms with Crippen LogP contribution in [0.5, 0.6) is 5.75 Å². The van der Waals surface area contributed by atoms with Crippen LogP contribution < -0.4 is 5.43 Å². The van der Waals surface area contributed by atoms with Crippen LogP contribution in [0.1, 0.15) is 23.1 Å². The van der Waals surface area contributed by atoms with Crippen molar-refractivity contribution in [3.63, 3.8) is 0 Å². The van der Waals surface area contributed by atoms with E-state index < -0.39 is 5.43 Å². The maximum Gasteiger partial charge on any atom is 0.242 e. The van der Waals surface area contributed by atoms with Gasteiger partial charge in [0.25, 0.3) is 0 Å². The van der Waals surface area contributed by atoms with E-state index in [0.29, 0.717) is 28.1 Å². The second-order valence-corrected chi connectivity index (χ2v) is 8.08. The molecule has 0 aliphatic carbocycles. The molecule has 150 valence electrons. The highest BCUT2D eigenvalue weighted by Crippen LogP contribution is 2.43. The van der Waals surface area contributed by atoms with E-state index in [1.807, 2.05) is 59.3 Å². The summed E-state index contributed by atoms with van der Waals surface area (Å²) >= 11 is 12.6. The minimum atomic E-state index is -0.543. The van der Waals surface area contributed by atoms with Gasteiger partial charge < -0.3 is 9.67 Å². The summed E-state index contributed by atoms with van der Waals surface area (Å²) < 4.78 is 3.61. The maximum atomic E-state index is 12.1. The quantitative estimate of drug-likeness (QED) is 0.510. The van der Waals surface area contributed by atoms with Crippen LogP contribution in [0.4, 0.5) is 0 Å². The molecule has 0 amide bonds. The first kappa shape index (κ1) is 18.9. The van der Waals surface area contributed by atoms with Crippen molar-refractivity contribution in [2.45, 2.75) is 18.5 Å². The molecular formula is C22H16Cl2N4O2. The molecule has 1 unspecified atom stereocenters. The Bertz CT molecular complexity index is 1270. The first-order chi connectivity index (χ1) is 14.5. The van der Waals surface area contributed by atoms with E-state index in [1.54, 1.807) is 10.9 Å². The Hall–Kier alpha value is -3.09. The van der Waals surface area contributed by atoms with Crippen LogP contribution in [0.25, 0.3) is 11.5 Å². The third-order valence-electron chi connectivity index (χ3n) is 5.41. The average molecular weight is 439 g/mol. The number of nitrogens with zero attached hydrogens (tertiary/aromatic N) is 4. The predicted molar refractivity (Wildman–Crippen MR) is 115 cm³/mol. The Morgan fingerprint density at radius 1 is 1.07 bits per heavy atom. The van der Waals surface area contributed by atoms with Gasteiger partial charge in [-0.3, -0.25) is 9.48 Å². The highest BCUT2D eigenvalue weighted by molar-refractivity contribution is 6.31. The lowest BCUT2D eigenvalue weighted by Gasteiger charge is -2.34. The minimum Gasteiger partial charge on any atom is -0.503 e. The van der Waals surface area contributed by atoms with Crippen molar-refractivity contribution in [1.29, 1.82) is 0 Å². The van der Waals surface area contributed by atoms with E-state index >= 15 is 0 Å². The summed E-state index contributed by atoms with van der Waals surface area (Å²) in [6, 6.07) is 15.0. The molecular weight excluding hydrogens is 423 g/mol. The van der Waals surface area contributed by atoms with Crippen molar-refractivity contribution in [3.8, 4) is 17.3 Å². The summed E-state index contributed by atoms with van der Waals surface area (Å²) in [6.07, 6.45) is 4.61. The van der Waals surface area contributed by atoms with E-state index in [4.69, 9.17) is 23.2 Å². The SMILES string of the molecule is O=c1cnn2c(c1O)-c1nccn1CC2C(c1cccc(Cl)c1)c1cccc(Cl)c1. The monoisotopic (exact) mass is 438 g/mol. The zero-order valence-electron chi connectivity index (χ0n) is 15.6. The summed E-state index contributed by atoms with van der Waals surface area (Å²) in [4.78, 5) is 16.5. The number of hydrogen-bond donors (Lipinski definition) is 1. The second kappa shape index (κ2) is 7.31. The molecule has 0 radical (unpaired) electrons. The number of fused-ring (bicyclic) bond motifs is 3. The van der Waals surface area contributed by atoms with Crippen LogP contribution in [-0.4, -0.2) is 24.4 Å². The van der Waals surface area contributed by atoms with E-state index in [2.05, 4.69) is 10.1 Å². The molecule has 4 aromatic rings. The normalized spacial score (nSPS) is 15.1. The summed E-state index contributed by atoms with van der Waals surface area (Å²) in [5.41, 5.74) is 1.71. The topological polar surface area (TPSA) is 72.9 Å². The first-order valence-corrected chi connectivity index (χ1v) is 10.1. The molecule has 2 aromatic carbocycles. The van der Waals surface area contributed by atoms with Gasteiger partial charge in [0.05, 0.1) is 12.2 Å². The van der Waals surface area contributed by atoms with Crippen molar-refractivity contribution in [3.05, 3.63) is 98.5 Å². The standard InChI is InChI=1S/C22H16Cl2N4O2/c23-15-5-1-3-13(9-15)19(14-4-2-6-16(24)10-14)17-12-27-8-7-25-22(27)20-21(30)18(29)11-26-28(17)20/h1-11,17,19,30H,12H2. The molecule has 0 saturated heterocycles. The van der Waals surface area contributed by atoms with Gasteiger partial charge in [0, 0.05) is 34.9 Å². The van der Waals surface area contributed by atoms with Crippen LogP contribution in [0.15, 0.2) is 71.9 Å². The lowest BCUT2D eigenvalue weighted by atomic mass is 9.84. The fraction of sp³-hybridized carbons (Fsp3) is 0.136. The smallest absolute Gasteiger partial charge is 0.242 e.